The average molecular weight is 365 g/mol. The highest BCUT2D eigenvalue weighted by atomic mass is 32.2. The number of ketones is 1. The van der Waals surface area contributed by atoms with Crippen LogP contribution < -0.4 is 0 Å². The molecule has 6 nitrogen and oxygen atoms in total. The number of esters is 1. The highest BCUT2D eigenvalue weighted by Gasteiger charge is 2.27. The molecule has 1 aliphatic heterocycles. The molecular formula is C18H23NO5S. The van der Waals surface area contributed by atoms with Crippen LogP contribution in [0.4, 0.5) is 0 Å². The van der Waals surface area contributed by atoms with Gasteiger partial charge in [0.05, 0.1) is 10.8 Å². The number of hydrogen-bond donors (Lipinski definition) is 0. The topological polar surface area (TPSA) is 80.8 Å². The molecule has 0 spiro atoms. The van der Waals surface area contributed by atoms with Gasteiger partial charge in [-0.2, -0.15) is 4.31 Å². The Bertz CT molecular complexity index is 729. The monoisotopic (exact) mass is 365 g/mol. The normalized spacial score (nSPS) is 19.2. The first-order valence-electron chi connectivity index (χ1n) is 8.78. The van der Waals surface area contributed by atoms with Crippen molar-refractivity contribution in [2.24, 2.45) is 5.92 Å². The van der Waals surface area contributed by atoms with E-state index in [0.717, 1.165) is 38.5 Å². The second-order valence-electron chi connectivity index (χ2n) is 6.65. The fourth-order valence-electron chi connectivity index (χ4n) is 3.39. The Morgan fingerprint density at radius 1 is 1.00 bits per heavy atom. The zero-order chi connectivity index (χ0) is 17.9. The average Bonchev–Trinajstić information content (AvgIpc) is 3.33. The van der Waals surface area contributed by atoms with Gasteiger partial charge >= 0.3 is 5.97 Å². The van der Waals surface area contributed by atoms with Crippen LogP contribution in [0, 0.1) is 5.92 Å². The molecule has 1 aliphatic carbocycles. The number of nitrogens with zero attached hydrogens (tertiary/aromatic N) is 1. The van der Waals surface area contributed by atoms with E-state index in [0.29, 0.717) is 18.7 Å². The highest BCUT2D eigenvalue weighted by molar-refractivity contribution is 7.89. The largest absolute Gasteiger partial charge is 0.457 e. The molecule has 3 rings (SSSR count). The first-order chi connectivity index (χ1) is 12.0. The summed E-state index contributed by atoms with van der Waals surface area (Å²) in [6.45, 7) is 0.786. The molecule has 1 aromatic rings. The Kier molecular flexibility index (Phi) is 5.54. The predicted octanol–water partition coefficient (Wildman–Crippen LogP) is 2.39. The van der Waals surface area contributed by atoms with E-state index in [9.17, 15) is 18.0 Å². The molecule has 0 unspecified atom stereocenters. The molecule has 1 saturated heterocycles. The quantitative estimate of drug-likeness (QED) is 0.571. The van der Waals surface area contributed by atoms with Crippen molar-refractivity contribution < 1.29 is 22.7 Å². The Morgan fingerprint density at radius 3 is 2.20 bits per heavy atom. The predicted molar refractivity (Wildman–Crippen MR) is 91.7 cm³/mol. The zero-order valence-corrected chi connectivity index (χ0v) is 15.0. The van der Waals surface area contributed by atoms with E-state index in [-0.39, 0.29) is 29.2 Å². The number of sulfonamides is 1. The lowest BCUT2D eigenvalue weighted by Crippen LogP contribution is -2.27. The van der Waals surface area contributed by atoms with Gasteiger partial charge in [-0.05, 0) is 49.9 Å². The molecule has 0 atom stereocenters. The van der Waals surface area contributed by atoms with Crippen molar-refractivity contribution in [1.29, 1.82) is 0 Å². The summed E-state index contributed by atoms with van der Waals surface area (Å²) in [5.41, 5.74) is 0.347. The summed E-state index contributed by atoms with van der Waals surface area (Å²) in [6.07, 6.45) is 5.47. The van der Waals surface area contributed by atoms with E-state index in [1.54, 1.807) is 0 Å². The zero-order valence-electron chi connectivity index (χ0n) is 14.1. The van der Waals surface area contributed by atoms with Gasteiger partial charge in [0.2, 0.25) is 10.0 Å². The van der Waals surface area contributed by atoms with Gasteiger partial charge in [-0.15, -0.1) is 0 Å². The standard InChI is InChI=1S/C18H23NO5S/c20-17(13-24-18(21)15-5-1-2-6-15)14-7-9-16(10-8-14)25(22,23)19-11-3-4-12-19/h7-10,15H,1-6,11-13H2. The van der Waals surface area contributed by atoms with Crippen molar-refractivity contribution in [2.45, 2.75) is 43.4 Å². The number of hydrogen-bond acceptors (Lipinski definition) is 5. The van der Waals surface area contributed by atoms with Crippen molar-refractivity contribution in [3.8, 4) is 0 Å². The summed E-state index contributed by atoms with van der Waals surface area (Å²) in [7, 11) is -3.48. The van der Waals surface area contributed by atoms with Crippen LogP contribution in [0.15, 0.2) is 29.2 Å². The Labute approximate surface area is 148 Å². The summed E-state index contributed by atoms with van der Waals surface area (Å²) in [5, 5.41) is 0. The second kappa shape index (κ2) is 7.66. The van der Waals surface area contributed by atoms with Crippen LogP contribution in [-0.2, 0) is 19.6 Å². The van der Waals surface area contributed by atoms with E-state index in [4.69, 9.17) is 4.74 Å². The van der Waals surface area contributed by atoms with Crippen LogP contribution in [0.25, 0.3) is 0 Å². The van der Waals surface area contributed by atoms with Crippen LogP contribution in [0.1, 0.15) is 48.9 Å². The van der Waals surface area contributed by atoms with Gasteiger partial charge in [-0.25, -0.2) is 8.42 Å². The van der Waals surface area contributed by atoms with Gasteiger partial charge in [-0.3, -0.25) is 9.59 Å². The molecular weight excluding hydrogens is 342 g/mol. The van der Waals surface area contributed by atoms with E-state index >= 15 is 0 Å². The van der Waals surface area contributed by atoms with Crippen LogP contribution in [0.3, 0.4) is 0 Å². The van der Waals surface area contributed by atoms with Crippen LogP contribution >= 0.6 is 0 Å². The van der Waals surface area contributed by atoms with Crippen molar-refractivity contribution in [1.82, 2.24) is 4.31 Å². The van der Waals surface area contributed by atoms with Gasteiger partial charge in [0.15, 0.2) is 12.4 Å². The number of Topliss-reactive ketones (excluding diaryl/α,β-unsaturated/α-hetero) is 1. The molecule has 25 heavy (non-hydrogen) atoms. The molecule has 7 heteroatoms. The van der Waals surface area contributed by atoms with E-state index in [1.165, 1.54) is 28.6 Å². The number of benzene rings is 1. The third-order valence-electron chi connectivity index (χ3n) is 4.91. The fourth-order valence-corrected chi connectivity index (χ4v) is 4.91. The molecule has 0 bridgehead atoms. The van der Waals surface area contributed by atoms with Crippen molar-refractivity contribution in [2.75, 3.05) is 19.7 Å². The molecule has 1 saturated carbocycles. The van der Waals surface area contributed by atoms with E-state index in [1.807, 2.05) is 0 Å². The molecule has 2 aliphatic rings. The van der Waals surface area contributed by atoms with Gasteiger partial charge in [0.1, 0.15) is 0 Å². The Balaban J connectivity index is 1.59. The minimum atomic E-state index is -3.48. The SMILES string of the molecule is O=C(COC(=O)C1CCCC1)c1ccc(S(=O)(=O)N2CCCC2)cc1. The molecule has 0 amide bonds. The van der Waals surface area contributed by atoms with E-state index < -0.39 is 10.0 Å². The summed E-state index contributed by atoms with van der Waals surface area (Å²) < 4.78 is 31.5. The minimum Gasteiger partial charge on any atom is -0.457 e. The lowest BCUT2D eigenvalue weighted by molar-refractivity contribution is -0.147. The molecule has 1 heterocycles. The van der Waals surface area contributed by atoms with Crippen molar-refractivity contribution >= 4 is 21.8 Å². The molecule has 136 valence electrons. The first-order valence-corrected chi connectivity index (χ1v) is 10.2. The van der Waals surface area contributed by atoms with Gasteiger partial charge < -0.3 is 4.74 Å². The summed E-state index contributed by atoms with van der Waals surface area (Å²) in [6, 6.07) is 5.85. The smallest absolute Gasteiger partial charge is 0.309 e. The lowest BCUT2D eigenvalue weighted by atomic mass is 10.1. The third kappa shape index (κ3) is 4.10. The number of ether oxygens (including phenoxy) is 1. The molecule has 0 radical (unpaired) electrons. The molecule has 0 aromatic heterocycles. The second-order valence-corrected chi connectivity index (χ2v) is 8.59. The molecule has 2 fully saturated rings. The third-order valence-corrected chi connectivity index (χ3v) is 6.83. The van der Waals surface area contributed by atoms with Crippen molar-refractivity contribution in [3.63, 3.8) is 0 Å². The minimum absolute atomic E-state index is 0.0826. The Hall–Kier alpha value is -1.73. The fraction of sp³-hybridized carbons (Fsp3) is 0.556. The van der Waals surface area contributed by atoms with Gasteiger partial charge in [0.25, 0.3) is 0 Å². The number of rotatable bonds is 6. The van der Waals surface area contributed by atoms with Gasteiger partial charge in [-0.1, -0.05) is 12.8 Å². The highest BCUT2D eigenvalue weighted by Crippen LogP contribution is 2.26. The van der Waals surface area contributed by atoms with Gasteiger partial charge in [0, 0.05) is 18.7 Å². The first kappa shape index (κ1) is 18.1. The van der Waals surface area contributed by atoms with Crippen LogP contribution in [-0.4, -0.2) is 44.2 Å². The lowest BCUT2D eigenvalue weighted by Gasteiger charge is -2.15. The van der Waals surface area contributed by atoms with Crippen LogP contribution in [0.5, 0.6) is 0 Å². The summed E-state index contributed by atoms with van der Waals surface area (Å²) in [5.74, 6) is -0.712. The maximum absolute atomic E-state index is 12.4. The van der Waals surface area contributed by atoms with Crippen LogP contribution in [0.2, 0.25) is 0 Å². The molecule has 1 aromatic carbocycles. The van der Waals surface area contributed by atoms with E-state index in [2.05, 4.69) is 0 Å². The maximum atomic E-state index is 12.4. The van der Waals surface area contributed by atoms with Crippen molar-refractivity contribution in [3.05, 3.63) is 29.8 Å². The summed E-state index contributed by atoms with van der Waals surface area (Å²) in [4.78, 5) is 24.2. The maximum Gasteiger partial charge on any atom is 0.309 e. The summed E-state index contributed by atoms with van der Waals surface area (Å²) >= 11 is 0. The number of carbonyl (C=O) groups excluding carboxylic acids is 2. The molecule has 0 N–H and O–H groups in total. The number of carbonyl (C=O) groups is 2. The Morgan fingerprint density at radius 2 is 1.60 bits per heavy atom.